The fraction of sp³-hybridized carbons (Fsp3) is 0.250. The van der Waals surface area contributed by atoms with Crippen molar-refractivity contribution < 1.29 is 0 Å². The van der Waals surface area contributed by atoms with Gasteiger partial charge in [0.15, 0.2) is 5.65 Å². The predicted octanol–water partition coefficient (Wildman–Crippen LogP) is 2.28. The highest BCUT2D eigenvalue weighted by molar-refractivity contribution is 7.98. The number of hydrogen-bond donors (Lipinski definition) is 0. The first-order chi connectivity index (χ1) is 8.72. The van der Waals surface area contributed by atoms with Crippen molar-refractivity contribution in [1.29, 1.82) is 0 Å². The highest BCUT2D eigenvalue weighted by atomic mass is 32.2. The third-order valence-electron chi connectivity index (χ3n) is 2.93. The predicted molar refractivity (Wildman–Crippen MR) is 71.8 cm³/mol. The van der Waals surface area contributed by atoms with Crippen molar-refractivity contribution in [2.45, 2.75) is 18.9 Å². The number of hydrogen-bond acceptors (Lipinski definition) is 4. The van der Waals surface area contributed by atoms with Gasteiger partial charge in [-0.05, 0) is 32.2 Å². The van der Waals surface area contributed by atoms with E-state index < -0.39 is 0 Å². The maximum absolute atomic E-state index is 4.42. The lowest BCUT2D eigenvalue weighted by Crippen LogP contribution is -2.11. The van der Waals surface area contributed by atoms with Gasteiger partial charge in [-0.2, -0.15) is 0 Å². The van der Waals surface area contributed by atoms with E-state index in [1.165, 1.54) is 0 Å². The minimum Gasteiger partial charge on any atom is -0.256 e. The van der Waals surface area contributed by atoms with Gasteiger partial charge in [0.25, 0.3) is 0 Å². The van der Waals surface area contributed by atoms with E-state index >= 15 is 0 Å². The van der Waals surface area contributed by atoms with Crippen molar-refractivity contribution in [2.24, 2.45) is 0 Å². The molecule has 0 saturated carbocycles. The summed E-state index contributed by atoms with van der Waals surface area (Å²) in [5.74, 6) is 0. The first kappa shape index (κ1) is 11.3. The summed E-state index contributed by atoms with van der Waals surface area (Å²) >= 11 is 1.58. The zero-order valence-electron chi connectivity index (χ0n) is 10.5. The molecular weight excluding hydrogens is 246 g/mol. The molecule has 3 rings (SSSR count). The fourth-order valence-corrected chi connectivity index (χ4v) is 2.59. The Kier molecular flexibility index (Phi) is 2.59. The van der Waals surface area contributed by atoms with Crippen LogP contribution in [0.3, 0.4) is 0 Å². The number of thioether (sulfide) groups is 1. The maximum atomic E-state index is 4.42. The molecule has 5 nitrogen and oxygen atoms in total. The molecule has 0 radical (unpaired) electrons. The van der Waals surface area contributed by atoms with Crippen LogP contribution in [0.5, 0.6) is 0 Å². The minimum absolute atomic E-state index is 0.830. The highest BCUT2D eigenvalue weighted by Gasteiger charge is 2.12. The third kappa shape index (κ3) is 1.53. The number of nitrogens with zero attached hydrogens (tertiary/aromatic N) is 5. The molecule has 18 heavy (non-hydrogen) atoms. The lowest BCUT2D eigenvalue weighted by molar-refractivity contribution is 0.638. The number of fused-ring (bicyclic) bond motifs is 1. The first-order valence-electron chi connectivity index (χ1n) is 5.60. The zero-order valence-corrected chi connectivity index (χ0v) is 11.3. The van der Waals surface area contributed by atoms with E-state index in [1.807, 2.05) is 10.9 Å². The van der Waals surface area contributed by atoms with E-state index in [0.29, 0.717) is 0 Å². The summed E-state index contributed by atoms with van der Waals surface area (Å²) in [6.45, 7) is 4.13. The van der Waals surface area contributed by atoms with Gasteiger partial charge in [-0.3, -0.25) is 4.68 Å². The Morgan fingerprint density at radius 2 is 1.78 bits per heavy atom. The quantitative estimate of drug-likeness (QED) is 0.523. The molecule has 0 aromatic carbocycles. The second-order valence-electron chi connectivity index (χ2n) is 4.07. The van der Waals surface area contributed by atoms with Gasteiger partial charge in [-0.25, -0.2) is 19.6 Å². The molecule has 0 spiro atoms. The normalized spacial score (nSPS) is 11.3. The van der Waals surface area contributed by atoms with Crippen LogP contribution in [0.4, 0.5) is 0 Å². The Balaban J connectivity index is 2.32. The van der Waals surface area contributed by atoms with Crippen LogP contribution >= 0.6 is 11.8 Å². The van der Waals surface area contributed by atoms with Crippen molar-refractivity contribution >= 4 is 22.9 Å². The van der Waals surface area contributed by atoms with Crippen molar-refractivity contribution in [1.82, 2.24) is 24.3 Å². The van der Waals surface area contributed by atoms with E-state index in [2.05, 4.69) is 45.6 Å². The first-order valence-corrected chi connectivity index (χ1v) is 6.82. The monoisotopic (exact) mass is 259 g/mol. The summed E-state index contributed by atoms with van der Waals surface area (Å²) < 4.78 is 4.05. The SMILES string of the molecule is CSc1ncnc2c1ncn2-n1c(C)ccc1C. The van der Waals surface area contributed by atoms with E-state index in [4.69, 9.17) is 0 Å². The number of aromatic nitrogens is 5. The van der Waals surface area contributed by atoms with E-state index in [9.17, 15) is 0 Å². The average molecular weight is 259 g/mol. The summed E-state index contributed by atoms with van der Waals surface area (Å²) in [7, 11) is 0. The van der Waals surface area contributed by atoms with Crippen LogP contribution in [0.1, 0.15) is 11.4 Å². The molecule has 6 heteroatoms. The summed E-state index contributed by atoms with van der Waals surface area (Å²) in [4.78, 5) is 13.0. The molecular formula is C12H13N5S. The standard InChI is InChI=1S/C12H13N5S/c1-8-4-5-9(2)17(8)16-7-15-10-11(16)13-6-14-12(10)18-3/h4-7H,1-3H3. The number of aryl methyl sites for hydroxylation is 2. The Morgan fingerprint density at radius 3 is 2.44 bits per heavy atom. The number of imidazole rings is 1. The van der Waals surface area contributed by atoms with Crippen LogP contribution in [-0.2, 0) is 0 Å². The van der Waals surface area contributed by atoms with E-state index in [-0.39, 0.29) is 0 Å². The molecule has 0 N–H and O–H groups in total. The smallest absolute Gasteiger partial charge is 0.183 e. The summed E-state index contributed by atoms with van der Waals surface area (Å²) in [5, 5.41) is 0.904. The zero-order chi connectivity index (χ0) is 12.7. The summed E-state index contributed by atoms with van der Waals surface area (Å²) in [6, 6.07) is 4.16. The van der Waals surface area contributed by atoms with Gasteiger partial charge in [0.1, 0.15) is 23.2 Å². The summed E-state index contributed by atoms with van der Waals surface area (Å²) in [5.41, 5.74) is 3.97. The molecule has 0 saturated heterocycles. The maximum Gasteiger partial charge on any atom is 0.183 e. The van der Waals surface area contributed by atoms with Crippen molar-refractivity contribution in [3.63, 3.8) is 0 Å². The molecule has 3 heterocycles. The Bertz CT molecular complexity index is 693. The Hall–Kier alpha value is -1.82. The van der Waals surface area contributed by atoms with Crippen molar-refractivity contribution in [3.05, 3.63) is 36.2 Å². The van der Waals surface area contributed by atoms with Crippen LogP contribution in [0.25, 0.3) is 11.2 Å². The largest absolute Gasteiger partial charge is 0.256 e. The van der Waals surface area contributed by atoms with Gasteiger partial charge in [-0.15, -0.1) is 11.8 Å². The molecule has 0 unspecified atom stereocenters. The summed E-state index contributed by atoms with van der Waals surface area (Å²) in [6.07, 6.45) is 5.37. The average Bonchev–Trinajstić information content (AvgIpc) is 2.93. The van der Waals surface area contributed by atoms with E-state index in [1.54, 1.807) is 24.4 Å². The van der Waals surface area contributed by atoms with Gasteiger partial charge in [0.2, 0.25) is 0 Å². The molecule has 0 aliphatic carbocycles. The van der Waals surface area contributed by atoms with Gasteiger partial charge in [0, 0.05) is 11.4 Å². The van der Waals surface area contributed by atoms with Crippen LogP contribution in [-0.4, -0.2) is 30.6 Å². The van der Waals surface area contributed by atoms with E-state index in [0.717, 1.165) is 27.6 Å². The lowest BCUT2D eigenvalue weighted by atomic mass is 10.5. The molecule has 0 bridgehead atoms. The number of rotatable bonds is 2. The highest BCUT2D eigenvalue weighted by Crippen LogP contribution is 2.21. The Labute approximate surface area is 109 Å². The van der Waals surface area contributed by atoms with Crippen LogP contribution < -0.4 is 0 Å². The fourth-order valence-electron chi connectivity index (χ4n) is 2.10. The van der Waals surface area contributed by atoms with Crippen molar-refractivity contribution in [2.75, 3.05) is 6.26 Å². The molecule has 92 valence electrons. The van der Waals surface area contributed by atoms with Gasteiger partial charge in [0.05, 0.1) is 0 Å². The topological polar surface area (TPSA) is 48.5 Å². The molecule has 0 fully saturated rings. The van der Waals surface area contributed by atoms with Crippen LogP contribution in [0, 0.1) is 13.8 Å². The van der Waals surface area contributed by atoms with Crippen LogP contribution in [0.15, 0.2) is 29.8 Å². The Morgan fingerprint density at radius 1 is 1.06 bits per heavy atom. The molecule has 3 aromatic heterocycles. The van der Waals surface area contributed by atoms with Gasteiger partial charge >= 0.3 is 0 Å². The van der Waals surface area contributed by atoms with Gasteiger partial charge in [-0.1, -0.05) is 0 Å². The van der Waals surface area contributed by atoms with Crippen molar-refractivity contribution in [3.8, 4) is 0 Å². The van der Waals surface area contributed by atoms with Gasteiger partial charge < -0.3 is 0 Å². The lowest BCUT2D eigenvalue weighted by Gasteiger charge is -2.10. The third-order valence-corrected chi connectivity index (χ3v) is 3.61. The van der Waals surface area contributed by atoms with Crippen LogP contribution in [0.2, 0.25) is 0 Å². The molecule has 0 amide bonds. The second-order valence-corrected chi connectivity index (χ2v) is 4.87. The minimum atomic E-state index is 0.830. The molecule has 3 aromatic rings. The second kappa shape index (κ2) is 4.13. The molecule has 0 atom stereocenters. The molecule has 0 aliphatic rings. The molecule has 0 aliphatic heterocycles.